The van der Waals surface area contributed by atoms with Crippen molar-refractivity contribution in [2.24, 2.45) is 0 Å². The first-order chi connectivity index (χ1) is 12.4. The third-order valence-electron chi connectivity index (χ3n) is 3.91. The molecule has 0 atom stereocenters. The summed E-state index contributed by atoms with van der Waals surface area (Å²) in [6.07, 6.45) is 1.15. The van der Waals surface area contributed by atoms with E-state index in [-0.39, 0.29) is 5.91 Å². The van der Waals surface area contributed by atoms with E-state index < -0.39 is 10.0 Å². The molecule has 0 aromatic heterocycles. The summed E-state index contributed by atoms with van der Waals surface area (Å²) in [7, 11) is -3.35. The van der Waals surface area contributed by atoms with Gasteiger partial charge in [-0.1, -0.05) is 0 Å². The Hall–Kier alpha value is -2.74. The number of nitrogens with one attached hydrogen (secondary N) is 1. The minimum absolute atomic E-state index is 0.296. The van der Waals surface area contributed by atoms with E-state index in [2.05, 4.69) is 5.32 Å². The van der Waals surface area contributed by atoms with E-state index in [4.69, 9.17) is 9.47 Å². The molecule has 7 nitrogen and oxygen atoms in total. The molecule has 0 saturated carbocycles. The van der Waals surface area contributed by atoms with Gasteiger partial charge in [-0.25, -0.2) is 8.42 Å². The molecule has 2 aromatic rings. The molecule has 1 aliphatic heterocycles. The highest BCUT2D eigenvalue weighted by atomic mass is 32.2. The topological polar surface area (TPSA) is 84.9 Å². The van der Waals surface area contributed by atoms with Gasteiger partial charge in [0, 0.05) is 23.9 Å². The molecule has 0 bridgehead atoms. The fourth-order valence-corrected chi connectivity index (χ4v) is 3.69. The molecule has 0 radical (unpaired) electrons. The SMILES string of the molecule is CCN(c1ccc(C(=O)Nc2ccc3c(c2)OCCO3)cc1)S(C)(=O)=O. The number of sulfonamides is 1. The highest BCUT2D eigenvalue weighted by Gasteiger charge is 2.16. The first-order valence-corrected chi connectivity index (χ1v) is 10.0. The summed E-state index contributed by atoms with van der Waals surface area (Å²) in [6, 6.07) is 11.6. The molecule has 3 rings (SSSR count). The molecule has 1 heterocycles. The maximum atomic E-state index is 12.4. The van der Waals surface area contributed by atoms with Gasteiger partial charge < -0.3 is 14.8 Å². The Morgan fingerprint density at radius 3 is 2.35 bits per heavy atom. The first-order valence-electron chi connectivity index (χ1n) is 8.17. The number of hydrogen-bond donors (Lipinski definition) is 1. The Morgan fingerprint density at radius 1 is 1.08 bits per heavy atom. The van der Waals surface area contributed by atoms with Gasteiger partial charge in [0.05, 0.1) is 11.9 Å². The Labute approximate surface area is 152 Å². The average Bonchev–Trinajstić information content (AvgIpc) is 2.61. The molecule has 0 saturated heterocycles. The van der Waals surface area contributed by atoms with Crippen molar-refractivity contribution in [2.75, 3.05) is 35.6 Å². The maximum Gasteiger partial charge on any atom is 0.255 e. The van der Waals surface area contributed by atoms with E-state index in [9.17, 15) is 13.2 Å². The number of carbonyl (C=O) groups excluding carboxylic acids is 1. The van der Waals surface area contributed by atoms with Gasteiger partial charge in [0.2, 0.25) is 10.0 Å². The van der Waals surface area contributed by atoms with Gasteiger partial charge in [0.1, 0.15) is 13.2 Å². The number of ether oxygens (including phenoxy) is 2. The van der Waals surface area contributed by atoms with Gasteiger partial charge in [0.15, 0.2) is 11.5 Å². The van der Waals surface area contributed by atoms with Gasteiger partial charge in [-0.15, -0.1) is 0 Å². The van der Waals surface area contributed by atoms with Crippen LogP contribution >= 0.6 is 0 Å². The zero-order valence-electron chi connectivity index (χ0n) is 14.6. The van der Waals surface area contributed by atoms with Crippen molar-refractivity contribution in [3.05, 3.63) is 48.0 Å². The van der Waals surface area contributed by atoms with E-state index in [0.717, 1.165) is 6.26 Å². The molecule has 0 aliphatic carbocycles. The normalized spacial score (nSPS) is 13.2. The number of anilines is 2. The molecule has 1 amide bonds. The largest absolute Gasteiger partial charge is 0.486 e. The van der Waals surface area contributed by atoms with Crippen molar-refractivity contribution in [2.45, 2.75) is 6.92 Å². The van der Waals surface area contributed by atoms with Crippen molar-refractivity contribution < 1.29 is 22.7 Å². The van der Waals surface area contributed by atoms with Gasteiger partial charge >= 0.3 is 0 Å². The molecular weight excluding hydrogens is 356 g/mol. The fraction of sp³-hybridized carbons (Fsp3) is 0.278. The summed E-state index contributed by atoms with van der Waals surface area (Å²) in [5, 5.41) is 2.79. The molecule has 8 heteroatoms. The number of rotatable bonds is 5. The Bertz CT molecular complexity index is 910. The van der Waals surface area contributed by atoms with Crippen LogP contribution in [0.5, 0.6) is 11.5 Å². The van der Waals surface area contributed by atoms with E-state index in [1.807, 2.05) is 0 Å². The number of fused-ring (bicyclic) bond motifs is 1. The van der Waals surface area contributed by atoms with Crippen LogP contribution in [-0.2, 0) is 10.0 Å². The lowest BCUT2D eigenvalue weighted by Crippen LogP contribution is -2.29. The van der Waals surface area contributed by atoms with E-state index in [1.54, 1.807) is 49.4 Å². The predicted octanol–water partition coefficient (Wildman–Crippen LogP) is 2.50. The lowest BCUT2D eigenvalue weighted by atomic mass is 10.2. The van der Waals surface area contributed by atoms with Crippen LogP contribution in [0.4, 0.5) is 11.4 Å². The lowest BCUT2D eigenvalue weighted by Gasteiger charge is -2.20. The highest BCUT2D eigenvalue weighted by Crippen LogP contribution is 2.32. The Morgan fingerprint density at radius 2 is 1.73 bits per heavy atom. The quantitative estimate of drug-likeness (QED) is 0.867. The van der Waals surface area contributed by atoms with Crippen LogP contribution in [0.1, 0.15) is 17.3 Å². The molecule has 2 aromatic carbocycles. The maximum absolute atomic E-state index is 12.4. The van der Waals surface area contributed by atoms with Crippen LogP contribution < -0.4 is 19.1 Å². The second-order valence-electron chi connectivity index (χ2n) is 5.79. The zero-order chi connectivity index (χ0) is 18.7. The predicted molar refractivity (Wildman–Crippen MR) is 99.7 cm³/mol. The van der Waals surface area contributed by atoms with E-state index in [1.165, 1.54) is 4.31 Å². The van der Waals surface area contributed by atoms with Gasteiger partial charge in [-0.3, -0.25) is 9.10 Å². The number of amides is 1. The van der Waals surface area contributed by atoms with Crippen LogP contribution in [-0.4, -0.2) is 40.3 Å². The van der Waals surface area contributed by atoms with Crippen LogP contribution in [0, 0.1) is 0 Å². The third kappa shape index (κ3) is 3.91. The van der Waals surface area contributed by atoms with Crippen LogP contribution in [0.3, 0.4) is 0 Å². The standard InChI is InChI=1S/C18H20N2O5S/c1-3-20(26(2,22)23)15-7-4-13(5-8-15)18(21)19-14-6-9-16-17(12-14)25-11-10-24-16/h4-9,12H,3,10-11H2,1-2H3,(H,19,21). The molecule has 26 heavy (non-hydrogen) atoms. The Kier molecular flexibility index (Phi) is 5.03. The van der Waals surface area contributed by atoms with Crippen molar-refractivity contribution >= 4 is 27.3 Å². The van der Waals surface area contributed by atoms with Crippen molar-refractivity contribution in [3.8, 4) is 11.5 Å². The van der Waals surface area contributed by atoms with Crippen molar-refractivity contribution in [1.29, 1.82) is 0 Å². The van der Waals surface area contributed by atoms with Crippen LogP contribution in [0.15, 0.2) is 42.5 Å². The van der Waals surface area contributed by atoms with Crippen molar-refractivity contribution in [3.63, 3.8) is 0 Å². The van der Waals surface area contributed by atoms with Crippen LogP contribution in [0.2, 0.25) is 0 Å². The molecule has 1 N–H and O–H groups in total. The van der Waals surface area contributed by atoms with Crippen molar-refractivity contribution in [1.82, 2.24) is 0 Å². The molecular formula is C18H20N2O5S. The third-order valence-corrected chi connectivity index (χ3v) is 5.17. The molecule has 1 aliphatic rings. The summed E-state index contributed by atoms with van der Waals surface area (Å²) in [4.78, 5) is 12.4. The zero-order valence-corrected chi connectivity index (χ0v) is 15.4. The lowest BCUT2D eigenvalue weighted by molar-refractivity contribution is 0.102. The molecule has 0 unspecified atom stereocenters. The summed E-state index contributed by atoms with van der Waals surface area (Å²) in [5.41, 5.74) is 1.54. The Balaban J connectivity index is 1.74. The van der Waals surface area contributed by atoms with Gasteiger partial charge in [-0.2, -0.15) is 0 Å². The number of benzene rings is 2. The second kappa shape index (κ2) is 7.25. The summed E-state index contributed by atoms with van der Waals surface area (Å²) in [5.74, 6) is 0.950. The minimum Gasteiger partial charge on any atom is -0.486 e. The minimum atomic E-state index is -3.35. The average molecular weight is 376 g/mol. The highest BCUT2D eigenvalue weighted by molar-refractivity contribution is 7.92. The smallest absolute Gasteiger partial charge is 0.255 e. The fourth-order valence-electron chi connectivity index (χ4n) is 2.71. The molecule has 138 valence electrons. The van der Waals surface area contributed by atoms with E-state index in [0.29, 0.717) is 48.2 Å². The molecule has 0 spiro atoms. The second-order valence-corrected chi connectivity index (χ2v) is 7.69. The van der Waals surface area contributed by atoms with E-state index >= 15 is 0 Å². The molecule has 0 fully saturated rings. The van der Waals surface area contributed by atoms with Crippen LogP contribution in [0.25, 0.3) is 0 Å². The summed E-state index contributed by atoms with van der Waals surface area (Å²) in [6.45, 7) is 3.05. The number of nitrogens with zero attached hydrogens (tertiary/aromatic N) is 1. The first kappa shape index (κ1) is 18.1. The number of hydrogen-bond acceptors (Lipinski definition) is 5. The number of carbonyl (C=O) groups is 1. The summed E-state index contributed by atoms with van der Waals surface area (Å²) < 4.78 is 35.8. The van der Waals surface area contributed by atoms with Gasteiger partial charge in [-0.05, 0) is 43.3 Å². The monoisotopic (exact) mass is 376 g/mol. The summed E-state index contributed by atoms with van der Waals surface area (Å²) >= 11 is 0. The van der Waals surface area contributed by atoms with Gasteiger partial charge in [0.25, 0.3) is 5.91 Å².